The standard InChI is InChI=1S/C22H21N5OS2/c1-15-7-9-17(10-8-15)13-24-20(28)21-26-25-19(30-21)14-29-22-23-11-12-27(22)18-6-4-3-5-16(18)2/h3-12H,13-14H2,1-2H3,(H,24,28). The van der Waals surface area contributed by atoms with E-state index in [-0.39, 0.29) is 5.91 Å². The number of nitrogens with zero attached hydrogens (tertiary/aromatic N) is 4. The lowest BCUT2D eigenvalue weighted by Gasteiger charge is -2.09. The van der Waals surface area contributed by atoms with Crippen molar-refractivity contribution in [1.29, 1.82) is 0 Å². The van der Waals surface area contributed by atoms with Crippen molar-refractivity contribution < 1.29 is 4.79 Å². The number of hydrogen-bond donors (Lipinski definition) is 1. The number of aryl methyl sites for hydroxylation is 2. The van der Waals surface area contributed by atoms with E-state index in [1.807, 2.05) is 49.5 Å². The molecule has 4 aromatic rings. The van der Waals surface area contributed by atoms with Crippen LogP contribution in [0.25, 0.3) is 5.69 Å². The molecule has 0 atom stereocenters. The molecule has 8 heteroatoms. The summed E-state index contributed by atoms with van der Waals surface area (Å²) in [4.78, 5) is 16.8. The van der Waals surface area contributed by atoms with E-state index >= 15 is 0 Å². The van der Waals surface area contributed by atoms with E-state index in [1.165, 1.54) is 22.5 Å². The summed E-state index contributed by atoms with van der Waals surface area (Å²) in [5.74, 6) is 0.400. The van der Waals surface area contributed by atoms with Gasteiger partial charge in [0.25, 0.3) is 5.91 Å². The van der Waals surface area contributed by atoms with Crippen molar-refractivity contribution in [2.24, 2.45) is 0 Å². The van der Waals surface area contributed by atoms with Gasteiger partial charge in [-0.1, -0.05) is 71.1 Å². The van der Waals surface area contributed by atoms with Crippen LogP contribution in [0.5, 0.6) is 0 Å². The number of thioether (sulfide) groups is 1. The van der Waals surface area contributed by atoms with E-state index in [4.69, 9.17) is 0 Å². The summed E-state index contributed by atoms with van der Waals surface area (Å²) in [6.45, 7) is 4.59. The topological polar surface area (TPSA) is 72.7 Å². The van der Waals surface area contributed by atoms with Crippen molar-refractivity contribution >= 4 is 29.0 Å². The minimum absolute atomic E-state index is 0.203. The first-order valence-electron chi connectivity index (χ1n) is 9.48. The Morgan fingerprint density at radius 1 is 1.10 bits per heavy atom. The van der Waals surface area contributed by atoms with Crippen LogP contribution in [0.2, 0.25) is 0 Å². The normalized spacial score (nSPS) is 10.9. The molecule has 0 aliphatic carbocycles. The average molecular weight is 436 g/mol. The van der Waals surface area contributed by atoms with Gasteiger partial charge in [0.05, 0.1) is 11.4 Å². The molecule has 2 aromatic heterocycles. The molecule has 0 bridgehead atoms. The molecule has 2 aromatic carbocycles. The molecule has 4 rings (SSSR count). The average Bonchev–Trinajstić information content (AvgIpc) is 3.41. The van der Waals surface area contributed by atoms with Crippen LogP contribution in [0.4, 0.5) is 0 Å². The molecule has 2 heterocycles. The summed E-state index contributed by atoms with van der Waals surface area (Å²) in [6.07, 6.45) is 3.74. The highest BCUT2D eigenvalue weighted by atomic mass is 32.2. The van der Waals surface area contributed by atoms with Crippen LogP contribution in [0.3, 0.4) is 0 Å². The van der Waals surface area contributed by atoms with E-state index in [1.54, 1.807) is 18.0 Å². The van der Waals surface area contributed by atoms with Gasteiger partial charge in [0.1, 0.15) is 5.01 Å². The van der Waals surface area contributed by atoms with Crippen LogP contribution in [0.1, 0.15) is 31.5 Å². The lowest BCUT2D eigenvalue weighted by atomic mass is 10.1. The molecule has 0 radical (unpaired) electrons. The highest BCUT2D eigenvalue weighted by Gasteiger charge is 2.14. The van der Waals surface area contributed by atoms with Crippen LogP contribution in [-0.4, -0.2) is 25.7 Å². The SMILES string of the molecule is Cc1ccc(CNC(=O)c2nnc(CSc3nccn3-c3ccccc3C)s2)cc1. The highest BCUT2D eigenvalue weighted by molar-refractivity contribution is 7.98. The number of aromatic nitrogens is 4. The highest BCUT2D eigenvalue weighted by Crippen LogP contribution is 2.26. The molecule has 6 nitrogen and oxygen atoms in total. The summed E-state index contributed by atoms with van der Waals surface area (Å²) >= 11 is 2.89. The maximum Gasteiger partial charge on any atom is 0.282 e. The molecule has 0 aliphatic heterocycles. The van der Waals surface area contributed by atoms with Gasteiger partial charge in [-0.25, -0.2) is 4.98 Å². The van der Waals surface area contributed by atoms with Gasteiger partial charge in [-0.2, -0.15) is 0 Å². The second kappa shape index (κ2) is 9.23. The lowest BCUT2D eigenvalue weighted by Crippen LogP contribution is -2.22. The van der Waals surface area contributed by atoms with E-state index in [0.717, 1.165) is 21.4 Å². The third-order valence-corrected chi connectivity index (χ3v) is 6.62. The van der Waals surface area contributed by atoms with Gasteiger partial charge in [0, 0.05) is 18.9 Å². The zero-order valence-electron chi connectivity index (χ0n) is 16.7. The van der Waals surface area contributed by atoms with Crippen molar-refractivity contribution in [1.82, 2.24) is 25.1 Å². The van der Waals surface area contributed by atoms with Crippen molar-refractivity contribution in [3.05, 3.63) is 87.6 Å². The Labute approximate surface area is 183 Å². The van der Waals surface area contributed by atoms with Gasteiger partial charge in [-0.3, -0.25) is 9.36 Å². The Morgan fingerprint density at radius 3 is 2.70 bits per heavy atom. The fourth-order valence-corrected chi connectivity index (χ4v) is 4.62. The first-order chi connectivity index (χ1) is 14.6. The number of amides is 1. The predicted octanol–water partition coefficient (Wildman–Crippen LogP) is 4.56. The molecule has 0 saturated heterocycles. The molecule has 0 spiro atoms. The molecular formula is C22H21N5OS2. The number of imidazole rings is 1. The van der Waals surface area contributed by atoms with E-state index in [0.29, 0.717) is 17.3 Å². The quantitative estimate of drug-likeness (QED) is 0.431. The molecule has 1 N–H and O–H groups in total. The molecule has 0 fully saturated rings. The number of nitrogens with one attached hydrogen (secondary N) is 1. The minimum atomic E-state index is -0.203. The molecule has 0 unspecified atom stereocenters. The smallest absolute Gasteiger partial charge is 0.282 e. The Balaban J connectivity index is 1.36. The second-order valence-electron chi connectivity index (χ2n) is 6.82. The van der Waals surface area contributed by atoms with E-state index in [2.05, 4.69) is 44.1 Å². The molecular weight excluding hydrogens is 414 g/mol. The summed E-state index contributed by atoms with van der Waals surface area (Å²) in [5, 5.41) is 13.2. The number of hydrogen-bond acceptors (Lipinski definition) is 6. The maximum atomic E-state index is 12.4. The number of para-hydroxylation sites is 1. The zero-order valence-corrected chi connectivity index (χ0v) is 18.3. The largest absolute Gasteiger partial charge is 0.346 e. The summed E-state index contributed by atoms with van der Waals surface area (Å²) in [5.41, 5.74) is 4.53. The first-order valence-corrected chi connectivity index (χ1v) is 11.3. The fraction of sp³-hybridized carbons (Fsp3) is 0.182. The molecule has 1 amide bonds. The van der Waals surface area contributed by atoms with Crippen LogP contribution in [0, 0.1) is 13.8 Å². The van der Waals surface area contributed by atoms with Crippen LogP contribution >= 0.6 is 23.1 Å². The Morgan fingerprint density at radius 2 is 1.90 bits per heavy atom. The van der Waals surface area contributed by atoms with Crippen molar-refractivity contribution in [2.75, 3.05) is 0 Å². The minimum Gasteiger partial charge on any atom is -0.346 e. The first kappa shape index (κ1) is 20.3. The van der Waals surface area contributed by atoms with Crippen molar-refractivity contribution in [2.45, 2.75) is 31.3 Å². The van der Waals surface area contributed by atoms with Crippen LogP contribution < -0.4 is 5.32 Å². The molecule has 30 heavy (non-hydrogen) atoms. The third kappa shape index (κ3) is 4.77. The maximum absolute atomic E-state index is 12.4. The van der Waals surface area contributed by atoms with Gasteiger partial charge in [-0.15, -0.1) is 10.2 Å². The number of benzene rings is 2. The van der Waals surface area contributed by atoms with E-state index in [9.17, 15) is 4.79 Å². The number of carbonyl (C=O) groups is 1. The Kier molecular flexibility index (Phi) is 6.25. The van der Waals surface area contributed by atoms with Gasteiger partial charge >= 0.3 is 0 Å². The molecule has 0 saturated carbocycles. The second-order valence-corrected chi connectivity index (χ2v) is 8.83. The van der Waals surface area contributed by atoms with Gasteiger partial charge < -0.3 is 5.32 Å². The Hall–Kier alpha value is -2.97. The third-order valence-electron chi connectivity index (χ3n) is 4.54. The Bertz CT molecular complexity index is 1150. The molecule has 0 aliphatic rings. The van der Waals surface area contributed by atoms with Gasteiger partial charge in [0.15, 0.2) is 5.16 Å². The van der Waals surface area contributed by atoms with Crippen molar-refractivity contribution in [3.63, 3.8) is 0 Å². The lowest BCUT2D eigenvalue weighted by molar-refractivity contribution is 0.0950. The van der Waals surface area contributed by atoms with Crippen LogP contribution in [-0.2, 0) is 12.3 Å². The summed E-state index contributed by atoms with van der Waals surface area (Å²) in [7, 11) is 0. The number of carbonyl (C=O) groups excluding carboxylic acids is 1. The monoisotopic (exact) mass is 435 g/mol. The zero-order chi connectivity index (χ0) is 20.9. The molecule has 152 valence electrons. The van der Waals surface area contributed by atoms with Gasteiger partial charge in [0.2, 0.25) is 5.01 Å². The van der Waals surface area contributed by atoms with Crippen molar-refractivity contribution in [3.8, 4) is 5.69 Å². The summed E-state index contributed by atoms with van der Waals surface area (Å²) in [6, 6.07) is 16.3. The van der Waals surface area contributed by atoms with Crippen LogP contribution in [0.15, 0.2) is 66.1 Å². The predicted molar refractivity (Wildman–Crippen MR) is 120 cm³/mol. The number of rotatable bonds is 7. The fourth-order valence-electron chi connectivity index (χ4n) is 2.91. The summed E-state index contributed by atoms with van der Waals surface area (Å²) < 4.78 is 2.07. The van der Waals surface area contributed by atoms with E-state index < -0.39 is 0 Å². The van der Waals surface area contributed by atoms with Gasteiger partial charge in [-0.05, 0) is 31.0 Å².